The highest BCUT2D eigenvalue weighted by molar-refractivity contribution is 5.75. The summed E-state index contributed by atoms with van der Waals surface area (Å²) in [7, 11) is 0. The number of aldehydes is 1. The van der Waals surface area contributed by atoms with Crippen molar-refractivity contribution in [2.45, 2.75) is 50.5 Å². The van der Waals surface area contributed by atoms with Gasteiger partial charge in [-0.2, -0.15) is 15.2 Å². The molecule has 10 nitrogen and oxygen atoms in total. The maximum atomic E-state index is 14.3. The van der Waals surface area contributed by atoms with Gasteiger partial charge in [-0.1, -0.05) is 12.1 Å². The number of imidazole rings is 1. The first-order valence-electron chi connectivity index (χ1n) is 13.5. The maximum Gasteiger partial charge on any atom is 0.266 e. The molecule has 3 aliphatic rings. The number of oxazole rings is 1. The third-order valence-electron chi connectivity index (χ3n) is 8.43. The van der Waals surface area contributed by atoms with Crippen molar-refractivity contribution < 1.29 is 23.1 Å². The first-order valence-corrected chi connectivity index (χ1v) is 13.5. The summed E-state index contributed by atoms with van der Waals surface area (Å²) in [5.74, 6) is 1.38. The van der Waals surface area contributed by atoms with Crippen molar-refractivity contribution in [1.29, 1.82) is 5.26 Å². The Morgan fingerprint density at radius 2 is 2.15 bits per heavy atom. The summed E-state index contributed by atoms with van der Waals surface area (Å²) in [5.41, 5.74) is 2.68. The van der Waals surface area contributed by atoms with Gasteiger partial charge in [0, 0.05) is 30.2 Å². The number of carbonyl (C=O) groups is 1. The van der Waals surface area contributed by atoms with Crippen LogP contribution in [-0.4, -0.2) is 56.5 Å². The Labute approximate surface area is 229 Å². The van der Waals surface area contributed by atoms with Crippen molar-refractivity contribution in [1.82, 2.24) is 24.4 Å². The van der Waals surface area contributed by atoms with Crippen molar-refractivity contribution in [3.05, 3.63) is 70.8 Å². The highest BCUT2D eigenvalue weighted by atomic mass is 19.1. The summed E-state index contributed by atoms with van der Waals surface area (Å²) < 4.78 is 33.3. The number of halogens is 1. The van der Waals surface area contributed by atoms with E-state index in [-0.39, 0.29) is 29.6 Å². The van der Waals surface area contributed by atoms with Crippen molar-refractivity contribution in [3.8, 4) is 11.9 Å². The second-order valence-corrected chi connectivity index (χ2v) is 10.8. The number of nitrogens with zero attached hydrogens (tertiary/aromatic N) is 6. The number of ether oxygens (including phenoxy) is 2. The van der Waals surface area contributed by atoms with Gasteiger partial charge in [-0.25, -0.2) is 9.37 Å². The maximum absolute atomic E-state index is 14.3. The average molecular weight is 543 g/mol. The first-order chi connectivity index (χ1) is 19.5. The van der Waals surface area contributed by atoms with Crippen LogP contribution in [0.4, 0.5) is 4.39 Å². The molecule has 7 rings (SSSR count). The van der Waals surface area contributed by atoms with E-state index in [1.165, 1.54) is 6.07 Å². The number of piperidine rings is 1. The summed E-state index contributed by atoms with van der Waals surface area (Å²) in [6.07, 6.45) is 3.74. The van der Waals surface area contributed by atoms with Crippen molar-refractivity contribution in [2.75, 3.05) is 19.7 Å². The number of hydrogen-bond acceptors (Lipinski definition) is 9. The summed E-state index contributed by atoms with van der Waals surface area (Å²) in [6, 6.07) is 12.1. The van der Waals surface area contributed by atoms with Crippen LogP contribution in [0.3, 0.4) is 0 Å². The van der Waals surface area contributed by atoms with Crippen molar-refractivity contribution >= 4 is 17.6 Å². The highest BCUT2D eigenvalue weighted by Crippen LogP contribution is 2.58. The van der Waals surface area contributed by atoms with E-state index in [2.05, 4.69) is 20.9 Å². The van der Waals surface area contributed by atoms with E-state index in [0.717, 1.165) is 50.5 Å². The molecule has 40 heavy (non-hydrogen) atoms. The van der Waals surface area contributed by atoms with Gasteiger partial charge in [0.25, 0.3) is 11.6 Å². The molecule has 0 N–H and O–H groups in total. The largest absolute Gasteiger partial charge is 0.473 e. The van der Waals surface area contributed by atoms with E-state index in [0.29, 0.717) is 48.1 Å². The van der Waals surface area contributed by atoms with Crippen LogP contribution >= 0.6 is 0 Å². The minimum atomic E-state index is -0.461. The average Bonchev–Trinajstić information content (AvgIpc) is 3.42. The summed E-state index contributed by atoms with van der Waals surface area (Å²) in [6.45, 7) is 3.92. The van der Waals surface area contributed by atoms with E-state index in [9.17, 15) is 9.18 Å². The van der Waals surface area contributed by atoms with Gasteiger partial charge in [0.05, 0.1) is 36.5 Å². The normalized spacial score (nSPS) is 23.8. The molecule has 3 unspecified atom stereocenters. The summed E-state index contributed by atoms with van der Waals surface area (Å²) in [4.78, 5) is 27.4. The Balaban J connectivity index is 1.02. The van der Waals surface area contributed by atoms with E-state index >= 15 is 0 Å². The zero-order valence-corrected chi connectivity index (χ0v) is 21.8. The molecule has 5 heterocycles. The third kappa shape index (κ3) is 4.43. The van der Waals surface area contributed by atoms with Gasteiger partial charge in [-0.15, -0.1) is 0 Å². The summed E-state index contributed by atoms with van der Waals surface area (Å²) >= 11 is 0. The molecule has 3 atom stereocenters. The van der Waals surface area contributed by atoms with E-state index < -0.39 is 5.82 Å². The Morgan fingerprint density at radius 3 is 2.90 bits per heavy atom. The minimum absolute atomic E-state index is 0.0266. The number of nitriles is 1. The van der Waals surface area contributed by atoms with Crippen LogP contribution in [-0.2, 0) is 29.8 Å². The fourth-order valence-electron chi connectivity index (χ4n) is 5.99. The molecule has 1 saturated carbocycles. The van der Waals surface area contributed by atoms with Crippen molar-refractivity contribution in [3.63, 3.8) is 0 Å². The van der Waals surface area contributed by atoms with Gasteiger partial charge in [-0.05, 0) is 49.9 Å². The zero-order chi connectivity index (χ0) is 27.3. The second kappa shape index (κ2) is 9.80. The van der Waals surface area contributed by atoms with E-state index in [1.54, 1.807) is 18.2 Å². The lowest BCUT2D eigenvalue weighted by atomic mass is 9.91. The fourth-order valence-corrected chi connectivity index (χ4v) is 5.99. The lowest BCUT2D eigenvalue weighted by Crippen LogP contribution is -2.37. The number of rotatable bonds is 9. The quantitative estimate of drug-likeness (QED) is 0.291. The molecule has 2 saturated heterocycles. The van der Waals surface area contributed by atoms with Crippen LogP contribution in [0.5, 0.6) is 5.88 Å². The smallest absolute Gasteiger partial charge is 0.266 e. The van der Waals surface area contributed by atoms with Crippen LogP contribution in [0.1, 0.15) is 52.6 Å². The van der Waals surface area contributed by atoms with Gasteiger partial charge in [0.1, 0.15) is 18.2 Å². The molecular weight excluding hydrogens is 515 g/mol. The van der Waals surface area contributed by atoms with Crippen molar-refractivity contribution in [2.24, 2.45) is 5.92 Å². The van der Waals surface area contributed by atoms with Gasteiger partial charge in [0.2, 0.25) is 17.8 Å². The Kier molecular flexibility index (Phi) is 6.09. The zero-order valence-electron chi connectivity index (χ0n) is 21.8. The topological polar surface area (TPSA) is 119 Å². The number of carbonyl (C=O) groups excluding carboxylic acids is 1. The number of likely N-dealkylation sites (tertiary alicyclic amines) is 1. The summed E-state index contributed by atoms with van der Waals surface area (Å²) in [5, 5.41) is 8.94. The van der Waals surface area contributed by atoms with Crippen LogP contribution in [0, 0.1) is 23.1 Å². The first kappa shape index (κ1) is 24.9. The molecule has 0 radical (unpaired) electrons. The standard InChI is InChI=1S/C29H27FN6O4/c30-22-10-18(12-31)4-5-19(22)17-39-25-3-1-2-23(32-25)29-7-8-35(13-20(29)11-29)15-24-33-28-27(34-26(16-37)40-28)36(24)14-21-6-9-38-21/h1-5,10,16,20-21H,6-9,11,13-15,17H2. The van der Waals surface area contributed by atoms with Gasteiger partial charge in [0.15, 0.2) is 0 Å². The third-order valence-corrected chi connectivity index (χ3v) is 8.43. The Morgan fingerprint density at radius 1 is 1.25 bits per heavy atom. The number of aromatic nitrogens is 4. The molecule has 3 aromatic heterocycles. The fraction of sp³-hybridized carbons (Fsp3) is 0.414. The molecular formula is C29H27FN6O4. The number of fused-ring (bicyclic) bond motifs is 2. The van der Waals surface area contributed by atoms with E-state index in [1.807, 2.05) is 16.7 Å². The lowest BCUT2D eigenvalue weighted by molar-refractivity contribution is -0.0593. The highest BCUT2D eigenvalue weighted by Gasteiger charge is 2.58. The monoisotopic (exact) mass is 542 g/mol. The molecule has 1 aromatic carbocycles. The number of pyridine rings is 1. The molecule has 2 aliphatic heterocycles. The Hall–Kier alpha value is -4.14. The molecule has 4 aromatic rings. The van der Waals surface area contributed by atoms with Gasteiger partial charge < -0.3 is 18.5 Å². The van der Waals surface area contributed by atoms with Crippen LogP contribution in [0.2, 0.25) is 0 Å². The Bertz CT molecular complexity index is 1640. The molecule has 0 bridgehead atoms. The lowest BCUT2D eigenvalue weighted by Gasteiger charge is -2.32. The van der Waals surface area contributed by atoms with E-state index in [4.69, 9.17) is 24.1 Å². The minimum Gasteiger partial charge on any atom is -0.473 e. The van der Waals surface area contributed by atoms with Crippen LogP contribution < -0.4 is 4.74 Å². The molecule has 1 aliphatic carbocycles. The van der Waals surface area contributed by atoms with Crippen LogP contribution in [0.25, 0.3) is 11.4 Å². The van der Waals surface area contributed by atoms with Crippen LogP contribution in [0.15, 0.2) is 40.8 Å². The number of benzene rings is 1. The SMILES string of the molecule is N#Cc1ccc(COc2cccc(C34CCN(Cc5nc6oc(C=O)nc6n5CC5CCO5)CC3C4)n2)c(F)c1. The van der Waals surface area contributed by atoms with Gasteiger partial charge >= 0.3 is 0 Å². The van der Waals surface area contributed by atoms with Gasteiger partial charge in [-0.3, -0.25) is 9.69 Å². The predicted molar refractivity (Wildman–Crippen MR) is 139 cm³/mol. The molecule has 11 heteroatoms. The molecule has 0 amide bonds. The molecule has 0 spiro atoms. The number of hydrogen-bond donors (Lipinski definition) is 0. The molecule has 3 fully saturated rings. The second-order valence-electron chi connectivity index (χ2n) is 10.8. The predicted octanol–water partition coefficient (Wildman–Crippen LogP) is 3.77. The molecule has 204 valence electrons.